The van der Waals surface area contributed by atoms with E-state index in [9.17, 15) is 9.18 Å². The van der Waals surface area contributed by atoms with Crippen LogP contribution in [0.1, 0.15) is 36.9 Å². The minimum absolute atomic E-state index is 0.183. The summed E-state index contributed by atoms with van der Waals surface area (Å²) in [5.41, 5.74) is 7.53. The normalized spacial score (nSPS) is 17.7. The van der Waals surface area contributed by atoms with Crippen molar-refractivity contribution in [1.29, 1.82) is 0 Å². The van der Waals surface area contributed by atoms with Crippen LogP contribution in [0, 0.1) is 11.7 Å². The molecule has 2 N–H and O–H groups in total. The summed E-state index contributed by atoms with van der Waals surface area (Å²) in [5.74, 6) is 0.891. The fraction of sp³-hybridized carbons (Fsp3) is 0.450. The second-order valence-corrected chi connectivity index (χ2v) is 6.94. The van der Waals surface area contributed by atoms with Crippen LogP contribution in [-0.2, 0) is 17.6 Å². The predicted octanol–water partition coefficient (Wildman–Crippen LogP) is 3.00. The molecule has 1 aromatic heterocycles. The lowest BCUT2D eigenvalue weighted by atomic mass is 9.95. The van der Waals surface area contributed by atoms with Crippen molar-refractivity contribution < 1.29 is 9.18 Å². The maximum absolute atomic E-state index is 12.9. The molecule has 0 spiro atoms. The zero-order valence-electron chi connectivity index (χ0n) is 14.9. The topological polar surface area (TPSA) is 72.1 Å². The van der Waals surface area contributed by atoms with Gasteiger partial charge in [-0.25, -0.2) is 9.37 Å². The van der Waals surface area contributed by atoms with Crippen LogP contribution in [0.15, 0.2) is 36.7 Å². The molecule has 1 aliphatic heterocycles. The first-order valence-corrected chi connectivity index (χ1v) is 9.19. The lowest BCUT2D eigenvalue weighted by Crippen LogP contribution is -2.32. The number of anilines is 1. The van der Waals surface area contributed by atoms with Crippen LogP contribution in [0.2, 0.25) is 0 Å². The molecule has 6 heteroatoms. The molecule has 1 saturated heterocycles. The van der Waals surface area contributed by atoms with Crippen LogP contribution in [0.3, 0.4) is 0 Å². The third kappa shape index (κ3) is 5.25. The van der Waals surface area contributed by atoms with Crippen molar-refractivity contribution in [2.75, 3.05) is 18.8 Å². The number of carbonyl (C=O) groups is 1. The van der Waals surface area contributed by atoms with Gasteiger partial charge in [-0.1, -0.05) is 12.1 Å². The molecule has 1 amide bonds. The largest absolute Gasteiger partial charge is 0.382 e. The van der Waals surface area contributed by atoms with Crippen molar-refractivity contribution in [3.8, 4) is 0 Å². The number of halogens is 1. The van der Waals surface area contributed by atoms with E-state index in [-0.39, 0.29) is 11.7 Å². The van der Waals surface area contributed by atoms with Gasteiger partial charge in [0.05, 0.1) is 18.1 Å². The number of likely N-dealkylation sites (tertiary alicyclic amines) is 1. The van der Waals surface area contributed by atoms with Crippen LogP contribution in [0.4, 0.5) is 10.2 Å². The molecule has 5 nitrogen and oxygen atoms in total. The Morgan fingerprint density at radius 1 is 1.15 bits per heavy atom. The average molecular weight is 356 g/mol. The van der Waals surface area contributed by atoms with Gasteiger partial charge < -0.3 is 10.6 Å². The Bertz CT molecular complexity index is 718. The number of amides is 1. The Hall–Kier alpha value is -2.50. The molecule has 1 aromatic carbocycles. The maximum atomic E-state index is 12.9. The number of benzene rings is 1. The molecular weight excluding hydrogens is 331 g/mol. The van der Waals surface area contributed by atoms with Crippen LogP contribution in [0.25, 0.3) is 0 Å². The van der Waals surface area contributed by atoms with Gasteiger partial charge in [0.15, 0.2) is 0 Å². The summed E-state index contributed by atoms with van der Waals surface area (Å²) in [5, 5.41) is 0. The van der Waals surface area contributed by atoms with Gasteiger partial charge in [0.2, 0.25) is 5.91 Å². The number of hydrogen-bond acceptors (Lipinski definition) is 4. The Morgan fingerprint density at radius 2 is 1.96 bits per heavy atom. The first-order valence-electron chi connectivity index (χ1n) is 9.19. The number of rotatable bonds is 5. The van der Waals surface area contributed by atoms with Crippen LogP contribution < -0.4 is 5.73 Å². The van der Waals surface area contributed by atoms with Gasteiger partial charge in [-0.15, -0.1) is 0 Å². The highest BCUT2D eigenvalue weighted by molar-refractivity contribution is 5.76. The van der Waals surface area contributed by atoms with E-state index in [1.807, 2.05) is 4.90 Å². The zero-order valence-corrected chi connectivity index (χ0v) is 14.9. The fourth-order valence-electron chi connectivity index (χ4n) is 3.45. The fourth-order valence-corrected chi connectivity index (χ4v) is 3.45. The highest BCUT2D eigenvalue weighted by atomic mass is 19.1. The van der Waals surface area contributed by atoms with E-state index < -0.39 is 0 Å². The summed E-state index contributed by atoms with van der Waals surface area (Å²) in [6, 6.07) is 6.37. The van der Waals surface area contributed by atoms with E-state index in [1.54, 1.807) is 24.5 Å². The number of nitrogens with two attached hydrogens (primary N) is 1. The van der Waals surface area contributed by atoms with E-state index in [1.165, 1.54) is 12.1 Å². The van der Waals surface area contributed by atoms with E-state index >= 15 is 0 Å². The van der Waals surface area contributed by atoms with Crippen LogP contribution in [-0.4, -0.2) is 33.9 Å². The molecule has 0 saturated carbocycles. The van der Waals surface area contributed by atoms with E-state index in [2.05, 4.69) is 9.97 Å². The molecule has 1 fully saturated rings. The average Bonchev–Trinajstić information content (AvgIpc) is 2.88. The second-order valence-electron chi connectivity index (χ2n) is 6.94. The third-order valence-electron chi connectivity index (χ3n) is 4.96. The summed E-state index contributed by atoms with van der Waals surface area (Å²) in [6.07, 6.45) is 8.42. The molecule has 26 heavy (non-hydrogen) atoms. The summed E-state index contributed by atoms with van der Waals surface area (Å²) in [6.45, 7) is 1.60. The maximum Gasteiger partial charge on any atom is 0.222 e. The Kier molecular flexibility index (Phi) is 6.15. The van der Waals surface area contributed by atoms with Crippen LogP contribution in [0.5, 0.6) is 0 Å². The van der Waals surface area contributed by atoms with Gasteiger partial charge >= 0.3 is 0 Å². The van der Waals surface area contributed by atoms with E-state index in [0.29, 0.717) is 24.6 Å². The lowest BCUT2D eigenvalue weighted by Gasteiger charge is -2.20. The van der Waals surface area contributed by atoms with Crippen molar-refractivity contribution in [3.05, 3.63) is 53.7 Å². The summed E-state index contributed by atoms with van der Waals surface area (Å²) in [4.78, 5) is 22.9. The molecule has 138 valence electrons. The molecule has 0 unspecified atom stereocenters. The molecule has 2 aromatic rings. The number of nitrogens with zero attached hydrogens (tertiary/aromatic N) is 3. The summed E-state index contributed by atoms with van der Waals surface area (Å²) >= 11 is 0. The van der Waals surface area contributed by atoms with Gasteiger partial charge in [-0.2, -0.15) is 0 Å². The van der Waals surface area contributed by atoms with Crippen molar-refractivity contribution in [2.24, 2.45) is 5.92 Å². The summed E-state index contributed by atoms with van der Waals surface area (Å²) in [7, 11) is 0. The lowest BCUT2D eigenvalue weighted by molar-refractivity contribution is -0.131. The van der Waals surface area contributed by atoms with Gasteiger partial charge in [0, 0.05) is 19.5 Å². The smallest absolute Gasteiger partial charge is 0.222 e. The quantitative estimate of drug-likeness (QED) is 0.894. The Balaban J connectivity index is 1.47. The molecule has 1 atom stereocenters. The molecule has 0 radical (unpaired) electrons. The first-order chi connectivity index (χ1) is 12.6. The predicted molar refractivity (Wildman–Crippen MR) is 98.8 cm³/mol. The Labute approximate surface area is 153 Å². The molecule has 0 bridgehead atoms. The minimum atomic E-state index is -0.246. The number of aromatic nitrogens is 2. The van der Waals surface area contributed by atoms with Crippen LogP contribution >= 0.6 is 0 Å². The van der Waals surface area contributed by atoms with E-state index in [0.717, 1.165) is 50.0 Å². The molecule has 2 heterocycles. The van der Waals surface area contributed by atoms with Crippen molar-refractivity contribution >= 4 is 11.7 Å². The third-order valence-corrected chi connectivity index (χ3v) is 4.96. The monoisotopic (exact) mass is 356 g/mol. The minimum Gasteiger partial charge on any atom is -0.382 e. The SMILES string of the molecule is Nc1cnc(C[C@@H]2CCCN(C(=O)CCc3ccc(F)cc3)CC2)cn1. The molecule has 0 aliphatic carbocycles. The van der Waals surface area contributed by atoms with E-state index in [4.69, 9.17) is 5.73 Å². The Morgan fingerprint density at radius 3 is 2.69 bits per heavy atom. The summed E-state index contributed by atoms with van der Waals surface area (Å²) < 4.78 is 12.9. The van der Waals surface area contributed by atoms with Gasteiger partial charge in [-0.3, -0.25) is 9.78 Å². The first kappa shape index (κ1) is 18.3. The number of hydrogen-bond donors (Lipinski definition) is 1. The van der Waals surface area contributed by atoms with Crippen molar-refractivity contribution in [1.82, 2.24) is 14.9 Å². The van der Waals surface area contributed by atoms with Gasteiger partial charge in [0.1, 0.15) is 11.6 Å². The standard InChI is InChI=1S/C20H25FN4O/c21-17-6-3-15(4-7-17)5-8-20(26)25-10-1-2-16(9-11-25)12-18-13-24-19(22)14-23-18/h3-4,6-7,13-14,16H,1-2,5,8-12H2,(H2,22,24)/t16-/m1/s1. The van der Waals surface area contributed by atoms with Gasteiger partial charge in [-0.05, 0) is 55.7 Å². The van der Waals surface area contributed by atoms with Crippen molar-refractivity contribution in [2.45, 2.75) is 38.5 Å². The number of aryl methyl sites for hydroxylation is 1. The number of carbonyl (C=O) groups excluding carboxylic acids is 1. The zero-order chi connectivity index (χ0) is 18.4. The second kappa shape index (κ2) is 8.74. The molecule has 3 rings (SSSR count). The highest BCUT2D eigenvalue weighted by Gasteiger charge is 2.21. The van der Waals surface area contributed by atoms with Gasteiger partial charge in [0.25, 0.3) is 0 Å². The highest BCUT2D eigenvalue weighted by Crippen LogP contribution is 2.22. The number of nitrogen functional groups attached to an aromatic ring is 1. The molecule has 1 aliphatic rings. The molecular formula is C20H25FN4O. The van der Waals surface area contributed by atoms with Crippen molar-refractivity contribution in [3.63, 3.8) is 0 Å².